The molecule has 0 spiro atoms. The Hall–Kier alpha value is -2.89. The first-order chi connectivity index (χ1) is 16.6. The molecule has 6 aliphatic rings. The molecule has 4 bridgehead atoms. The molecule has 2 aromatic rings. The lowest BCUT2D eigenvalue weighted by Gasteiger charge is -2.57. The molecule has 4 nitrogen and oxygen atoms in total. The van der Waals surface area contributed by atoms with Gasteiger partial charge in [0.15, 0.2) is 11.2 Å². The summed E-state index contributed by atoms with van der Waals surface area (Å²) in [6.07, 6.45) is 10.9. The number of thiophene rings is 1. The van der Waals surface area contributed by atoms with Crippen LogP contribution < -0.4 is 0 Å². The Labute approximate surface area is 204 Å². The van der Waals surface area contributed by atoms with Crippen LogP contribution in [0.25, 0.3) is 6.08 Å². The first-order valence-electron chi connectivity index (χ1n) is 12.5. The Kier molecular flexibility index (Phi) is 4.25. The maximum atomic E-state index is 14.8. The predicted molar refractivity (Wildman–Crippen MR) is 130 cm³/mol. The van der Waals surface area contributed by atoms with Crippen molar-refractivity contribution in [1.82, 2.24) is 4.90 Å². The summed E-state index contributed by atoms with van der Waals surface area (Å²) in [5, 5.41) is 23.3. The van der Waals surface area contributed by atoms with Gasteiger partial charge in [-0.1, -0.05) is 30.3 Å². The zero-order valence-electron chi connectivity index (χ0n) is 19.1. The van der Waals surface area contributed by atoms with Crippen LogP contribution >= 0.6 is 11.3 Å². The molecule has 3 atom stereocenters. The quantitative estimate of drug-likeness (QED) is 0.552. The topological polar surface area (TPSA) is 67.9 Å². The fraction of sp³-hybridized carbons (Fsp3) is 0.483. The lowest BCUT2D eigenvalue weighted by molar-refractivity contribution is -0.148. The van der Waals surface area contributed by atoms with Gasteiger partial charge in [-0.2, -0.15) is 10.5 Å². The number of benzene rings is 1. The van der Waals surface area contributed by atoms with Gasteiger partial charge in [0.2, 0.25) is 0 Å². The third-order valence-electron chi connectivity index (χ3n) is 9.62. The van der Waals surface area contributed by atoms with Crippen LogP contribution in [-0.4, -0.2) is 16.7 Å². The van der Waals surface area contributed by atoms with Crippen molar-refractivity contribution in [2.75, 3.05) is 0 Å². The minimum absolute atomic E-state index is 0.286. The van der Waals surface area contributed by atoms with Crippen molar-refractivity contribution in [3.8, 4) is 12.1 Å². The fourth-order valence-corrected chi connectivity index (χ4v) is 9.73. The van der Waals surface area contributed by atoms with E-state index in [0.29, 0.717) is 23.5 Å². The molecule has 0 N–H and O–H groups in total. The van der Waals surface area contributed by atoms with Crippen LogP contribution in [0.2, 0.25) is 0 Å². The minimum atomic E-state index is -1.33. The van der Waals surface area contributed by atoms with Crippen LogP contribution in [0, 0.1) is 51.2 Å². The van der Waals surface area contributed by atoms with Crippen LogP contribution in [-0.2, 0) is 4.79 Å². The molecule has 1 aromatic carbocycles. The average Bonchev–Trinajstić information content (AvgIpc) is 3.47. The summed E-state index contributed by atoms with van der Waals surface area (Å²) >= 11 is 1.57. The normalized spacial score (nSPS) is 38.1. The van der Waals surface area contributed by atoms with Crippen molar-refractivity contribution in [3.05, 3.63) is 64.0 Å². The summed E-state index contributed by atoms with van der Waals surface area (Å²) in [7, 11) is 0. The van der Waals surface area contributed by atoms with E-state index in [1.165, 1.54) is 19.3 Å². The number of hydrogen-bond donors (Lipinski definition) is 0. The van der Waals surface area contributed by atoms with Gasteiger partial charge in [-0.25, -0.2) is 0 Å². The lowest BCUT2D eigenvalue weighted by Crippen LogP contribution is -2.55. The largest absolute Gasteiger partial charge is 0.357 e. The van der Waals surface area contributed by atoms with E-state index in [1.54, 1.807) is 11.3 Å². The van der Waals surface area contributed by atoms with Crippen molar-refractivity contribution < 1.29 is 4.79 Å². The van der Waals surface area contributed by atoms with Crippen molar-refractivity contribution in [3.63, 3.8) is 0 Å². The monoisotopic (exact) mass is 465 g/mol. The van der Waals surface area contributed by atoms with Gasteiger partial charge in [-0.05, 0) is 84.9 Å². The molecule has 4 saturated carbocycles. The Morgan fingerprint density at radius 2 is 1.65 bits per heavy atom. The zero-order chi connectivity index (χ0) is 23.1. The fourth-order valence-electron chi connectivity index (χ4n) is 8.80. The number of Topliss-reactive ketones (excluding diaryl/α,β-unsaturated/α-hetero) is 1. The molecule has 1 saturated heterocycles. The molecule has 170 valence electrons. The first kappa shape index (κ1) is 20.5. The van der Waals surface area contributed by atoms with Gasteiger partial charge in [0.05, 0.1) is 30.1 Å². The molecule has 1 aromatic heterocycles. The number of hydrogen-bond acceptors (Lipinski definition) is 5. The molecule has 4 aliphatic carbocycles. The van der Waals surface area contributed by atoms with E-state index in [9.17, 15) is 15.3 Å². The van der Waals surface area contributed by atoms with Crippen molar-refractivity contribution in [1.29, 1.82) is 10.5 Å². The summed E-state index contributed by atoms with van der Waals surface area (Å²) in [5.41, 5.74) is 0.404. The Bertz CT molecular complexity index is 1230. The molecule has 3 heterocycles. The molecule has 34 heavy (non-hydrogen) atoms. The smallest absolute Gasteiger partial charge is 0.178 e. The highest BCUT2D eigenvalue weighted by Gasteiger charge is 2.67. The molecule has 5 fully saturated rings. The summed E-state index contributed by atoms with van der Waals surface area (Å²) in [6, 6.07) is 16.1. The lowest BCUT2D eigenvalue weighted by atomic mass is 9.47. The van der Waals surface area contributed by atoms with Crippen molar-refractivity contribution >= 4 is 23.2 Å². The third kappa shape index (κ3) is 2.54. The summed E-state index contributed by atoms with van der Waals surface area (Å²) < 4.78 is 0. The number of rotatable bonds is 3. The number of nitrogens with zero attached hydrogens (tertiary/aromatic N) is 3. The predicted octanol–water partition coefficient (Wildman–Crippen LogP) is 6.06. The Morgan fingerprint density at radius 1 is 0.971 bits per heavy atom. The molecule has 2 aliphatic heterocycles. The van der Waals surface area contributed by atoms with Gasteiger partial charge in [-0.3, -0.25) is 4.79 Å². The zero-order valence-corrected chi connectivity index (χ0v) is 19.9. The molecule has 0 unspecified atom stereocenters. The molecular formula is C29H27N3OS. The Morgan fingerprint density at radius 3 is 2.26 bits per heavy atom. The SMILES string of the molecule is N#CC1(C#N)[C@@H](c2cccs2)[C@H](C(=O)C23CC4CC(CC(C4)C2)C3)N2C=Cc3ccccc3[C@@H]21. The van der Waals surface area contributed by atoms with Crippen LogP contribution in [0.4, 0.5) is 0 Å². The highest BCUT2D eigenvalue weighted by molar-refractivity contribution is 7.10. The van der Waals surface area contributed by atoms with Crippen LogP contribution in [0.1, 0.15) is 66.5 Å². The number of ketones is 1. The van der Waals surface area contributed by atoms with Crippen LogP contribution in [0.15, 0.2) is 48.0 Å². The van der Waals surface area contributed by atoms with E-state index in [-0.39, 0.29) is 5.41 Å². The summed E-state index contributed by atoms with van der Waals surface area (Å²) in [4.78, 5) is 17.9. The van der Waals surface area contributed by atoms with Gasteiger partial charge in [0.1, 0.15) is 0 Å². The first-order valence-corrected chi connectivity index (χ1v) is 13.4. The number of fused-ring (bicyclic) bond motifs is 3. The van der Waals surface area contributed by atoms with Gasteiger partial charge in [0.25, 0.3) is 0 Å². The minimum Gasteiger partial charge on any atom is -0.357 e. The molecule has 8 rings (SSSR count). The Balaban J connectivity index is 1.42. The second kappa shape index (κ2) is 7.06. The van der Waals surface area contributed by atoms with E-state index in [2.05, 4.69) is 23.1 Å². The van der Waals surface area contributed by atoms with Gasteiger partial charge in [-0.15, -0.1) is 11.3 Å². The van der Waals surface area contributed by atoms with Crippen molar-refractivity contribution in [2.45, 2.75) is 56.5 Å². The highest BCUT2D eigenvalue weighted by atomic mass is 32.1. The maximum Gasteiger partial charge on any atom is 0.178 e. The second-order valence-corrected chi connectivity index (χ2v) is 12.4. The standard InChI is InChI=1S/C29H27N3OS/c30-16-29(17-31)24(23-6-3-9-34-23)25(32-8-7-21-4-1-2-5-22(21)26(29)32)27(33)28-13-18-10-19(14-28)12-20(11-18)15-28/h1-9,18-20,24-26H,10-15H2/t18?,19?,20?,24-,25+,26+,28?/m0/s1. The third-order valence-corrected chi connectivity index (χ3v) is 10.6. The second-order valence-electron chi connectivity index (χ2n) is 11.4. The van der Waals surface area contributed by atoms with Gasteiger partial charge >= 0.3 is 0 Å². The van der Waals surface area contributed by atoms with E-state index < -0.39 is 23.4 Å². The van der Waals surface area contributed by atoms with Crippen LogP contribution in [0.3, 0.4) is 0 Å². The van der Waals surface area contributed by atoms with Crippen LogP contribution in [0.5, 0.6) is 0 Å². The number of nitriles is 2. The molecule has 5 heteroatoms. The molecular weight excluding hydrogens is 438 g/mol. The van der Waals surface area contributed by atoms with E-state index in [0.717, 1.165) is 35.3 Å². The number of carbonyl (C=O) groups excluding carboxylic acids is 1. The maximum absolute atomic E-state index is 14.8. The summed E-state index contributed by atoms with van der Waals surface area (Å²) in [6.45, 7) is 0. The van der Waals surface area contributed by atoms with Crippen molar-refractivity contribution in [2.24, 2.45) is 28.6 Å². The molecule has 0 amide bonds. The van der Waals surface area contributed by atoms with Gasteiger partial charge < -0.3 is 4.90 Å². The van der Waals surface area contributed by atoms with Gasteiger partial charge in [0, 0.05) is 16.5 Å². The highest BCUT2D eigenvalue weighted by Crippen LogP contribution is 2.65. The van der Waals surface area contributed by atoms with E-state index in [4.69, 9.17) is 0 Å². The average molecular weight is 466 g/mol. The summed E-state index contributed by atoms with van der Waals surface area (Å²) in [5.74, 6) is 1.85. The van der Waals surface area contributed by atoms with E-state index in [1.807, 2.05) is 48.0 Å². The van der Waals surface area contributed by atoms with E-state index >= 15 is 0 Å². The molecule has 0 radical (unpaired) electrons. The number of carbonyl (C=O) groups is 1.